The molecule has 0 radical (unpaired) electrons. The van der Waals surface area contributed by atoms with Crippen molar-refractivity contribution < 1.29 is 9.53 Å². The number of amides is 1. The molecular formula is C15H24N4O2. The summed E-state index contributed by atoms with van der Waals surface area (Å²) >= 11 is 0. The Hall–Kier alpha value is -1.40. The van der Waals surface area contributed by atoms with Gasteiger partial charge in [-0.2, -0.15) is 5.10 Å². The zero-order chi connectivity index (χ0) is 15.3. The Labute approximate surface area is 124 Å². The number of ether oxygens (including phenoxy) is 1. The second-order valence-electron chi connectivity index (χ2n) is 6.72. The van der Waals surface area contributed by atoms with Gasteiger partial charge < -0.3 is 15.8 Å². The Morgan fingerprint density at radius 2 is 2.38 bits per heavy atom. The summed E-state index contributed by atoms with van der Waals surface area (Å²) < 4.78 is 5.83. The molecule has 1 aromatic heterocycles. The first kappa shape index (κ1) is 14.5. The fourth-order valence-electron chi connectivity index (χ4n) is 3.86. The van der Waals surface area contributed by atoms with E-state index in [4.69, 9.17) is 10.5 Å². The van der Waals surface area contributed by atoms with Crippen LogP contribution in [0.4, 0.5) is 5.82 Å². The van der Waals surface area contributed by atoms with Gasteiger partial charge in [0.15, 0.2) is 5.82 Å². The van der Waals surface area contributed by atoms with Gasteiger partial charge in [-0.05, 0) is 19.3 Å². The average Bonchev–Trinajstić information content (AvgIpc) is 2.93. The van der Waals surface area contributed by atoms with E-state index in [1.54, 1.807) is 0 Å². The zero-order valence-electron chi connectivity index (χ0n) is 12.9. The Kier molecular flexibility index (Phi) is 3.33. The lowest BCUT2D eigenvalue weighted by Gasteiger charge is -2.65. The maximum Gasteiger partial charge on any atom is 0.246 e. The van der Waals surface area contributed by atoms with Gasteiger partial charge in [-0.3, -0.25) is 9.89 Å². The molecule has 6 nitrogen and oxygen atoms in total. The van der Waals surface area contributed by atoms with Gasteiger partial charge in [0.05, 0.1) is 6.10 Å². The highest BCUT2D eigenvalue weighted by molar-refractivity contribution is 5.99. The third-order valence-corrected chi connectivity index (χ3v) is 5.31. The molecule has 3 atom stereocenters. The molecule has 2 fully saturated rings. The Morgan fingerprint density at radius 1 is 1.62 bits per heavy atom. The number of carbonyl (C=O) groups excluding carboxylic acids is 1. The van der Waals surface area contributed by atoms with E-state index in [9.17, 15) is 4.79 Å². The van der Waals surface area contributed by atoms with Crippen molar-refractivity contribution >= 4 is 11.7 Å². The summed E-state index contributed by atoms with van der Waals surface area (Å²) in [7, 11) is 0. The minimum Gasteiger partial charge on any atom is -0.377 e. The Bertz CT molecular complexity index is 554. The normalized spacial score (nSPS) is 33.9. The van der Waals surface area contributed by atoms with Crippen LogP contribution in [0.2, 0.25) is 0 Å². The SMILES string of the molecule is CCc1cc(NC(=O)C2(N)C3CCCOC3C2(C)C)n[nH]1. The number of fused-ring (bicyclic) bond motifs is 1. The quantitative estimate of drug-likeness (QED) is 0.786. The highest BCUT2D eigenvalue weighted by atomic mass is 16.5. The predicted octanol–water partition coefficient (Wildman–Crippen LogP) is 1.44. The van der Waals surface area contributed by atoms with Gasteiger partial charge >= 0.3 is 0 Å². The van der Waals surface area contributed by atoms with Gasteiger partial charge in [0.1, 0.15) is 5.54 Å². The van der Waals surface area contributed by atoms with Gasteiger partial charge in [-0.15, -0.1) is 0 Å². The summed E-state index contributed by atoms with van der Waals surface area (Å²) in [6.45, 7) is 6.83. The second kappa shape index (κ2) is 4.81. The molecule has 4 N–H and O–H groups in total. The average molecular weight is 292 g/mol. The number of nitrogens with one attached hydrogen (secondary N) is 2. The number of hydrogen-bond donors (Lipinski definition) is 3. The molecule has 1 saturated carbocycles. The van der Waals surface area contributed by atoms with E-state index in [0.717, 1.165) is 31.6 Å². The molecule has 1 amide bonds. The first-order valence-electron chi connectivity index (χ1n) is 7.67. The van der Waals surface area contributed by atoms with Crippen LogP contribution in [-0.2, 0) is 16.0 Å². The lowest BCUT2D eigenvalue weighted by atomic mass is 9.46. The van der Waals surface area contributed by atoms with Crippen LogP contribution >= 0.6 is 0 Å². The molecule has 116 valence electrons. The van der Waals surface area contributed by atoms with Crippen LogP contribution in [0.25, 0.3) is 0 Å². The van der Waals surface area contributed by atoms with Crippen molar-refractivity contribution in [3.63, 3.8) is 0 Å². The highest BCUT2D eigenvalue weighted by Gasteiger charge is 2.70. The summed E-state index contributed by atoms with van der Waals surface area (Å²) in [5, 5.41) is 9.87. The molecule has 1 aliphatic carbocycles. The molecular weight excluding hydrogens is 268 g/mol. The molecule has 2 aliphatic rings. The Balaban J connectivity index is 1.79. The van der Waals surface area contributed by atoms with Crippen LogP contribution < -0.4 is 11.1 Å². The molecule has 3 rings (SSSR count). The number of aromatic amines is 1. The smallest absolute Gasteiger partial charge is 0.246 e. The monoisotopic (exact) mass is 292 g/mol. The third kappa shape index (κ3) is 1.92. The van der Waals surface area contributed by atoms with Crippen molar-refractivity contribution in [2.45, 2.75) is 51.7 Å². The lowest BCUT2D eigenvalue weighted by molar-refractivity contribution is -0.222. The number of H-pyrrole nitrogens is 1. The molecule has 6 heteroatoms. The van der Waals surface area contributed by atoms with Gasteiger partial charge in [0.25, 0.3) is 0 Å². The maximum atomic E-state index is 12.7. The van der Waals surface area contributed by atoms with Crippen molar-refractivity contribution in [1.82, 2.24) is 10.2 Å². The minimum absolute atomic E-state index is 0.0763. The van der Waals surface area contributed by atoms with Gasteiger partial charge in [0.2, 0.25) is 5.91 Å². The number of carbonyl (C=O) groups is 1. The molecule has 0 aromatic carbocycles. The van der Waals surface area contributed by atoms with E-state index < -0.39 is 5.54 Å². The van der Waals surface area contributed by atoms with Crippen molar-refractivity contribution in [3.8, 4) is 0 Å². The van der Waals surface area contributed by atoms with E-state index in [1.807, 2.05) is 26.8 Å². The van der Waals surface area contributed by atoms with Crippen LogP contribution in [0.1, 0.15) is 39.3 Å². The summed E-state index contributed by atoms with van der Waals surface area (Å²) in [6, 6.07) is 1.85. The van der Waals surface area contributed by atoms with Crippen LogP contribution in [0, 0.1) is 11.3 Å². The number of anilines is 1. The van der Waals surface area contributed by atoms with Gasteiger partial charge in [0, 0.05) is 29.7 Å². The number of aromatic nitrogens is 2. The summed E-state index contributed by atoms with van der Waals surface area (Å²) in [5.74, 6) is 0.469. The first-order chi connectivity index (χ1) is 9.91. The van der Waals surface area contributed by atoms with E-state index in [2.05, 4.69) is 15.5 Å². The minimum atomic E-state index is -0.899. The molecule has 1 saturated heterocycles. The molecule has 1 aliphatic heterocycles. The standard InChI is InChI=1S/C15H24N4O2/c1-4-9-8-11(19-18-9)17-13(20)15(16)10-6-5-7-21-12(10)14(15,2)3/h8,10,12H,4-7,16H2,1-3H3,(H2,17,18,19,20). The highest BCUT2D eigenvalue weighted by Crippen LogP contribution is 2.57. The molecule has 21 heavy (non-hydrogen) atoms. The fourth-order valence-corrected chi connectivity index (χ4v) is 3.86. The van der Waals surface area contributed by atoms with Crippen LogP contribution in [-0.4, -0.2) is 34.4 Å². The molecule has 0 bridgehead atoms. The van der Waals surface area contributed by atoms with Crippen molar-refractivity contribution in [2.24, 2.45) is 17.1 Å². The van der Waals surface area contributed by atoms with E-state index in [-0.39, 0.29) is 23.3 Å². The summed E-state index contributed by atoms with van der Waals surface area (Å²) in [6.07, 6.45) is 2.83. The maximum absolute atomic E-state index is 12.7. The van der Waals surface area contributed by atoms with Crippen LogP contribution in [0.5, 0.6) is 0 Å². The van der Waals surface area contributed by atoms with Gasteiger partial charge in [-0.1, -0.05) is 20.8 Å². The number of hydrogen-bond acceptors (Lipinski definition) is 4. The lowest BCUT2D eigenvalue weighted by Crippen LogP contribution is -2.81. The summed E-state index contributed by atoms with van der Waals surface area (Å²) in [5.41, 5.74) is 6.26. The van der Waals surface area contributed by atoms with E-state index >= 15 is 0 Å². The van der Waals surface area contributed by atoms with Crippen LogP contribution in [0.3, 0.4) is 0 Å². The first-order valence-corrected chi connectivity index (χ1v) is 7.67. The van der Waals surface area contributed by atoms with Crippen molar-refractivity contribution in [1.29, 1.82) is 0 Å². The molecule has 1 aromatic rings. The third-order valence-electron chi connectivity index (χ3n) is 5.31. The molecule has 0 spiro atoms. The summed E-state index contributed by atoms with van der Waals surface area (Å²) in [4.78, 5) is 12.7. The number of nitrogens with zero attached hydrogens (tertiary/aromatic N) is 1. The van der Waals surface area contributed by atoms with Gasteiger partial charge in [-0.25, -0.2) is 0 Å². The van der Waals surface area contributed by atoms with Crippen LogP contribution in [0.15, 0.2) is 6.07 Å². The number of nitrogens with two attached hydrogens (primary N) is 1. The van der Waals surface area contributed by atoms with E-state index in [0.29, 0.717) is 5.82 Å². The zero-order valence-corrected chi connectivity index (χ0v) is 12.9. The van der Waals surface area contributed by atoms with Crippen molar-refractivity contribution in [3.05, 3.63) is 11.8 Å². The van der Waals surface area contributed by atoms with Crippen molar-refractivity contribution in [2.75, 3.05) is 11.9 Å². The number of aryl methyl sites for hydroxylation is 1. The fraction of sp³-hybridized carbons (Fsp3) is 0.733. The molecule has 2 heterocycles. The number of rotatable bonds is 3. The second-order valence-corrected chi connectivity index (χ2v) is 6.72. The largest absolute Gasteiger partial charge is 0.377 e. The van der Waals surface area contributed by atoms with E-state index in [1.165, 1.54) is 0 Å². The molecule has 3 unspecified atom stereocenters. The topological polar surface area (TPSA) is 93.0 Å². The predicted molar refractivity (Wildman–Crippen MR) is 79.8 cm³/mol. The Morgan fingerprint density at radius 3 is 3.05 bits per heavy atom.